The first-order valence-electron chi connectivity index (χ1n) is 10.3. The number of nitrogens with zero attached hydrogens (tertiary/aromatic N) is 2. The van der Waals surface area contributed by atoms with Crippen LogP contribution in [0, 0.1) is 0 Å². The third-order valence-corrected chi connectivity index (χ3v) is 6.09. The monoisotopic (exact) mass is 465 g/mol. The van der Waals surface area contributed by atoms with Crippen LogP contribution < -0.4 is 19.2 Å². The van der Waals surface area contributed by atoms with Crippen molar-refractivity contribution >= 4 is 27.8 Å². The summed E-state index contributed by atoms with van der Waals surface area (Å²) in [6.07, 6.45) is 2.67. The number of nitrogens with one attached hydrogen (secondary N) is 1. The van der Waals surface area contributed by atoms with Crippen LogP contribution in [0.2, 0.25) is 0 Å². The van der Waals surface area contributed by atoms with Crippen molar-refractivity contribution in [3.8, 4) is 11.5 Å². The van der Waals surface area contributed by atoms with E-state index in [0.717, 1.165) is 5.56 Å². The topological polar surface area (TPSA) is 97.3 Å². The predicted molar refractivity (Wildman–Crippen MR) is 126 cm³/mol. The molecular weight excluding hydrogens is 442 g/mol. The highest BCUT2D eigenvalue weighted by molar-refractivity contribution is 7.92. The molecule has 1 aliphatic heterocycles. The zero-order chi connectivity index (χ0) is 23.3. The standard InChI is InChI=1S/C24H23N3O5S/c1-33(29,30)27(21-7-3-2-4-8-21)17-18-10-12-19(13-11-18)24(28)26-25-16-20-6-5-9-22-23(20)32-15-14-31-22/h2-13,16H,14-15,17H2,1H3,(H,26,28)/b25-16+. The molecule has 8 nitrogen and oxygen atoms in total. The molecule has 3 aromatic rings. The Bertz CT molecular complexity index is 1260. The first kappa shape index (κ1) is 22.3. The Kier molecular flexibility index (Phi) is 6.60. The van der Waals surface area contributed by atoms with Crippen LogP contribution in [0.1, 0.15) is 21.5 Å². The van der Waals surface area contributed by atoms with Crippen LogP contribution in [0.15, 0.2) is 77.9 Å². The Hall–Kier alpha value is -3.85. The lowest BCUT2D eigenvalue weighted by molar-refractivity contribution is 0.0955. The number of fused-ring (bicyclic) bond motifs is 1. The van der Waals surface area contributed by atoms with Gasteiger partial charge in [-0.1, -0.05) is 36.4 Å². The van der Waals surface area contributed by atoms with Crippen molar-refractivity contribution in [3.05, 3.63) is 89.5 Å². The fourth-order valence-corrected chi connectivity index (χ4v) is 4.23. The number of benzene rings is 3. The van der Waals surface area contributed by atoms with Crippen molar-refractivity contribution in [1.29, 1.82) is 0 Å². The van der Waals surface area contributed by atoms with Crippen LogP contribution in [0.3, 0.4) is 0 Å². The molecule has 33 heavy (non-hydrogen) atoms. The average molecular weight is 466 g/mol. The van der Waals surface area contributed by atoms with Gasteiger partial charge in [-0.2, -0.15) is 5.10 Å². The summed E-state index contributed by atoms with van der Waals surface area (Å²) in [5.74, 6) is 0.855. The molecule has 0 unspecified atom stereocenters. The summed E-state index contributed by atoms with van der Waals surface area (Å²) in [4.78, 5) is 12.5. The van der Waals surface area contributed by atoms with Gasteiger partial charge < -0.3 is 9.47 Å². The fourth-order valence-electron chi connectivity index (χ4n) is 3.34. The second-order valence-corrected chi connectivity index (χ2v) is 9.28. The summed E-state index contributed by atoms with van der Waals surface area (Å²) in [5.41, 5.74) is 4.92. The number of carbonyl (C=O) groups is 1. The lowest BCUT2D eigenvalue weighted by Crippen LogP contribution is -2.29. The number of carbonyl (C=O) groups excluding carboxylic acids is 1. The third kappa shape index (κ3) is 5.50. The lowest BCUT2D eigenvalue weighted by atomic mass is 10.1. The van der Waals surface area contributed by atoms with Gasteiger partial charge in [0.1, 0.15) is 13.2 Å². The Balaban J connectivity index is 1.42. The molecule has 0 atom stereocenters. The van der Waals surface area contributed by atoms with Crippen molar-refractivity contribution in [2.75, 3.05) is 23.8 Å². The normalized spacial score (nSPS) is 13.0. The smallest absolute Gasteiger partial charge is 0.271 e. The van der Waals surface area contributed by atoms with Crippen LogP contribution in [0.4, 0.5) is 5.69 Å². The lowest BCUT2D eigenvalue weighted by Gasteiger charge is -2.22. The Morgan fingerprint density at radius 2 is 1.73 bits per heavy atom. The van der Waals surface area contributed by atoms with Gasteiger partial charge in [0.2, 0.25) is 10.0 Å². The number of rotatable bonds is 7. The van der Waals surface area contributed by atoms with E-state index in [-0.39, 0.29) is 12.5 Å². The molecular formula is C24H23N3O5S. The van der Waals surface area contributed by atoms with Crippen molar-refractivity contribution < 1.29 is 22.7 Å². The second-order valence-electron chi connectivity index (χ2n) is 7.37. The van der Waals surface area contributed by atoms with E-state index in [1.54, 1.807) is 48.5 Å². The maximum atomic E-state index is 12.5. The van der Waals surface area contributed by atoms with Crippen LogP contribution in [-0.4, -0.2) is 40.0 Å². The summed E-state index contributed by atoms with van der Waals surface area (Å²) in [7, 11) is -3.47. The molecule has 170 valence electrons. The van der Waals surface area contributed by atoms with E-state index >= 15 is 0 Å². The van der Waals surface area contributed by atoms with Crippen molar-refractivity contribution in [2.24, 2.45) is 5.10 Å². The number of hydrazone groups is 1. The van der Waals surface area contributed by atoms with Crippen molar-refractivity contribution in [2.45, 2.75) is 6.54 Å². The zero-order valence-corrected chi connectivity index (χ0v) is 18.8. The minimum atomic E-state index is -3.47. The van der Waals surface area contributed by atoms with Gasteiger partial charge in [-0.15, -0.1) is 0 Å². The first-order chi connectivity index (χ1) is 15.9. The second kappa shape index (κ2) is 9.74. The number of hydrogen-bond donors (Lipinski definition) is 1. The maximum Gasteiger partial charge on any atom is 0.271 e. The van der Waals surface area contributed by atoms with E-state index in [9.17, 15) is 13.2 Å². The van der Waals surface area contributed by atoms with E-state index in [0.29, 0.717) is 41.5 Å². The van der Waals surface area contributed by atoms with Gasteiger partial charge in [0, 0.05) is 11.1 Å². The van der Waals surface area contributed by atoms with Gasteiger partial charge in [0.25, 0.3) is 5.91 Å². The predicted octanol–water partition coefficient (Wildman–Crippen LogP) is 3.19. The highest BCUT2D eigenvalue weighted by Gasteiger charge is 2.18. The molecule has 0 bridgehead atoms. The molecule has 0 aliphatic carbocycles. The average Bonchev–Trinajstić information content (AvgIpc) is 2.83. The quantitative estimate of drug-likeness (QED) is 0.427. The number of hydrogen-bond acceptors (Lipinski definition) is 6. The van der Waals surface area contributed by atoms with Gasteiger partial charge >= 0.3 is 0 Å². The summed E-state index contributed by atoms with van der Waals surface area (Å²) in [6.45, 7) is 1.11. The highest BCUT2D eigenvalue weighted by Crippen LogP contribution is 2.32. The minimum Gasteiger partial charge on any atom is -0.486 e. The van der Waals surface area contributed by atoms with Gasteiger partial charge in [-0.3, -0.25) is 9.10 Å². The van der Waals surface area contributed by atoms with E-state index in [1.807, 2.05) is 24.3 Å². The number of amides is 1. The summed E-state index contributed by atoms with van der Waals surface area (Å²) in [6, 6.07) is 21.0. The van der Waals surface area contributed by atoms with E-state index in [2.05, 4.69) is 10.5 Å². The molecule has 0 aromatic heterocycles. The van der Waals surface area contributed by atoms with Gasteiger partial charge in [0.15, 0.2) is 11.5 Å². The number of ether oxygens (including phenoxy) is 2. The summed E-state index contributed by atoms with van der Waals surface area (Å²) >= 11 is 0. The van der Waals surface area contributed by atoms with E-state index in [4.69, 9.17) is 9.47 Å². The molecule has 0 radical (unpaired) electrons. The van der Waals surface area contributed by atoms with Crippen LogP contribution in [-0.2, 0) is 16.6 Å². The van der Waals surface area contributed by atoms with Crippen molar-refractivity contribution in [1.82, 2.24) is 5.43 Å². The molecule has 9 heteroatoms. The Labute approximate surface area is 192 Å². The molecule has 0 spiro atoms. The summed E-state index contributed by atoms with van der Waals surface area (Å²) in [5, 5.41) is 4.02. The molecule has 1 amide bonds. The minimum absolute atomic E-state index is 0.157. The van der Waals surface area contributed by atoms with Gasteiger partial charge in [-0.25, -0.2) is 13.8 Å². The Morgan fingerprint density at radius 3 is 2.45 bits per heavy atom. The molecule has 1 aliphatic rings. The number of para-hydroxylation sites is 2. The SMILES string of the molecule is CS(=O)(=O)N(Cc1ccc(C(=O)N/N=C/c2cccc3c2OCCO3)cc1)c1ccccc1. The fraction of sp³-hybridized carbons (Fsp3) is 0.167. The zero-order valence-electron chi connectivity index (χ0n) is 18.0. The first-order valence-corrected chi connectivity index (χ1v) is 12.1. The molecule has 0 saturated carbocycles. The number of anilines is 1. The van der Waals surface area contributed by atoms with E-state index < -0.39 is 10.0 Å². The van der Waals surface area contributed by atoms with Gasteiger partial charge in [-0.05, 0) is 42.0 Å². The largest absolute Gasteiger partial charge is 0.486 e. The molecule has 4 rings (SSSR count). The van der Waals surface area contributed by atoms with Crippen LogP contribution in [0.25, 0.3) is 0 Å². The number of sulfonamides is 1. The summed E-state index contributed by atoms with van der Waals surface area (Å²) < 4.78 is 37.0. The highest BCUT2D eigenvalue weighted by atomic mass is 32.2. The molecule has 0 saturated heterocycles. The molecule has 0 fully saturated rings. The van der Waals surface area contributed by atoms with Gasteiger partial charge in [0.05, 0.1) is 24.7 Å². The third-order valence-electron chi connectivity index (χ3n) is 4.95. The van der Waals surface area contributed by atoms with E-state index in [1.165, 1.54) is 16.8 Å². The molecule has 1 N–H and O–H groups in total. The molecule has 3 aromatic carbocycles. The van der Waals surface area contributed by atoms with Crippen molar-refractivity contribution in [3.63, 3.8) is 0 Å². The maximum absolute atomic E-state index is 12.5. The van der Waals surface area contributed by atoms with Crippen LogP contribution >= 0.6 is 0 Å². The molecule has 1 heterocycles. The van der Waals surface area contributed by atoms with Crippen LogP contribution in [0.5, 0.6) is 11.5 Å². The Morgan fingerprint density at radius 1 is 1.00 bits per heavy atom.